The SMILES string of the molecule is CCC1CCC(NC)C(Sc2nnc3ccccn23)C1. The summed E-state index contributed by atoms with van der Waals surface area (Å²) in [4.78, 5) is 0. The van der Waals surface area contributed by atoms with E-state index in [1.54, 1.807) is 0 Å². The Bertz CT molecular complexity index is 568. The fourth-order valence-electron chi connectivity index (χ4n) is 3.08. The second-order valence-electron chi connectivity index (χ2n) is 5.55. The van der Waals surface area contributed by atoms with Crippen LogP contribution >= 0.6 is 11.8 Å². The van der Waals surface area contributed by atoms with Gasteiger partial charge >= 0.3 is 0 Å². The number of nitrogens with one attached hydrogen (secondary N) is 1. The van der Waals surface area contributed by atoms with Gasteiger partial charge in [0.25, 0.3) is 0 Å². The Balaban J connectivity index is 1.80. The van der Waals surface area contributed by atoms with Crippen LogP contribution in [0.3, 0.4) is 0 Å². The highest BCUT2D eigenvalue weighted by Gasteiger charge is 2.30. The number of aromatic nitrogens is 3. The Hall–Kier alpha value is -1.07. The van der Waals surface area contributed by atoms with Crippen molar-refractivity contribution in [2.75, 3.05) is 7.05 Å². The van der Waals surface area contributed by atoms with E-state index in [9.17, 15) is 0 Å². The topological polar surface area (TPSA) is 42.2 Å². The molecule has 2 aromatic rings. The van der Waals surface area contributed by atoms with E-state index < -0.39 is 0 Å². The van der Waals surface area contributed by atoms with Crippen molar-refractivity contribution >= 4 is 17.4 Å². The molecule has 108 valence electrons. The number of hydrogen-bond acceptors (Lipinski definition) is 4. The van der Waals surface area contributed by atoms with Gasteiger partial charge in [0.15, 0.2) is 10.8 Å². The standard InChI is InChI=1S/C15H22N4S/c1-3-11-7-8-12(16-2)13(10-11)20-15-18-17-14-6-4-5-9-19(14)15/h4-6,9,11-13,16H,3,7-8,10H2,1-2H3. The summed E-state index contributed by atoms with van der Waals surface area (Å²) in [5, 5.41) is 13.7. The van der Waals surface area contributed by atoms with E-state index >= 15 is 0 Å². The van der Waals surface area contributed by atoms with Gasteiger partial charge in [-0.15, -0.1) is 10.2 Å². The fourth-order valence-corrected chi connectivity index (χ4v) is 4.51. The molecule has 1 aliphatic carbocycles. The molecule has 2 heterocycles. The molecule has 3 rings (SSSR count). The molecule has 1 saturated carbocycles. The second-order valence-corrected chi connectivity index (χ2v) is 6.76. The average Bonchev–Trinajstić information content (AvgIpc) is 2.90. The third-order valence-electron chi connectivity index (χ3n) is 4.39. The van der Waals surface area contributed by atoms with E-state index in [2.05, 4.69) is 33.9 Å². The molecular formula is C15H22N4S. The molecule has 0 spiro atoms. The smallest absolute Gasteiger partial charge is 0.195 e. The first-order chi connectivity index (χ1) is 9.81. The number of thioether (sulfide) groups is 1. The maximum Gasteiger partial charge on any atom is 0.195 e. The fraction of sp³-hybridized carbons (Fsp3) is 0.600. The van der Waals surface area contributed by atoms with Gasteiger partial charge in [-0.25, -0.2) is 0 Å². The molecule has 20 heavy (non-hydrogen) atoms. The first-order valence-electron chi connectivity index (χ1n) is 7.45. The van der Waals surface area contributed by atoms with Crippen molar-refractivity contribution in [3.63, 3.8) is 0 Å². The lowest BCUT2D eigenvalue weighted by Gasteiger charge is -2.34. The molecule has 0 radical (unpaired) electrons. The number of fused-ring (bicyclic) bond motifs is 1. The van der Waals surface area contributed by atoms with Crippen molar-refractivity contribution in [1.29, 1.82) is 0 Å². The van der Waals surface area contributed by atoms with Crippen LogP contribution in [0.2, 0.25) is 0 Å². The van der Waals surface area contributed by atoms with Crippen LogP contribution < -0.4 is 5.32 Å². The van der Waals surface area contributed by atoms with Crippen LogP contribution in [-0.2, 0) is 0 Å². The van der Waals surface area contributed by atoms with Crippen LogP contribution in [0.25, 0.3) is 5.65 Å². The summed E-state index contributed by atoms with van der Waals surface area (Å²) in [7, 11) is 2.08. The maximum absolute atomic E-state index is 4.36. The van der Waals surface area contributed by atoms with E-state index in [1.165, 1.54) is 25.7 Å². The minimum Gasteiger partial charge on any atom is -0.316 e. The molecule has 3 unspecified atom stereocenters. The van der Waals surface area contributed by atoms with E-state index in [-0.39, 0.29) is 0 Å². The third-order valence-corrected chi connectivity index (χ3v) is 5.70. The largest absolute Gasteiger partial charge is 0.316 e. The summed E-state index contributed by atoms with van der Waals surface area (Å²) in [6.45, 7) is 2.30. The number of pyridine rings is 1. The summed E-state index contributed by atoms with van der Waals surface area (Å²) in [5.41, 5.74) is 0.929. The Morgan fingerprint density at radius 2 is 2.25 bits per heavy atom. The molecule has 1 aliphatic rings. The minimum atomic E-state index is 0.582. The first kappa shape index (κ1) is 13.9. The normalized spacial score (nSPS) is 27.0. The molecule has 5 heteroatoms. The molecular weight excluding hydrogens is 268 g/mol. The Kier molecular flexibility index (Phi) is 4.27. The molecule has 1 N–H and O–H groups in total. The predicted molar refractivity (Wildman–Crippen MR) is 83.1 cm³/mol. The van der Waals surface area contributed by atoms with Crippen molar-refractivity contribution in [3.8, 4) is 0 Å². The summed E-state index contributed by atoms with van der Waals surface area (Å²) in [6.07, 6.45) is 7.22. The molecule has 1 fully saturated rings. The molecule has 0 saturated heterocycles. The summed E-state index contributed by atoms with van der Waals surface area (Å²) in [5.74, 6) is 0.858. The van der Waals surface area contributed by atoms with E-state index in [0.717, 1.165) is 16.7 Å². The first-order valence-corrected chi connectivity index (χ1v) is 8.33. The van der Waals surface area contributed by atoms with Gasteiger partial charge in [0.1, 0.15) is 0 Å². The molecule has 0 amide bonds. The highest BCUT2D eigenvalue weighted by Crippen LogP contribution is 2.36. The van der Waals surface area contributed by atoms with Gasteiger partial charge in [0, 0.05) is 17.5 Å². The third kappa shape index (κ3) is 2.69. The molecule has 0 bridgehead atoms. The van der Waals surface area contributed by atoms with E-state index in [1.807, 2.05) is 36.2 Å². The second kappa shape index (κ2) is 6.14. The van der Waals surface area contributed by atoms with Crippen molar-refractivity contribution < 1.29 is 0 Å². The van der Waals surface area contributed by atoms with Gasteiger partial charge in [0.05, 0.1) is 0 Å². The monoisotopic (exact) mass is 290 g/mol. The van der Waals surface area contributed by atoms with Crippen LogP contribution in [0.15, 0.2) is 29.6 Å². The van der Waals surface area contributed by atoms with E-state index in [0.29, 0.717) is 11.3 Å². The summed E-state index contributed by atoms with van der Waals surface area (Å²) in [6, 6.07) is 6.62. The molecule has 0 aromatic carbocycles. The maximum atomic E-state index is 4.36. The lowest BCUT2D eigenvalue weighted by atomic mass is 9.84. The van der Waals surface area contributed by atoms with Gasteiger partial charge in [0.2, 0.25) is 0 Å². The molecule has 4 nitrogen and oxygen atoms in total. The van der Waals surface area contributed by atoms with Gasteiger partial charge in [-0.1, -0.05) is 31.2 Å². The minimum absolute atomic E-state index is 0.582. The van der Waals surface area contributed by atoms with Crippen LogP contribution in [-0.4, -0.2) is 32.9 Å². The van der Waals surface area contributed by atoms with Gasteiger partial charge in [-0.3, -0.25) is 4.40 Å². The highest BCUT2D eigenvalue weighted by atomic mass is 32.2. The van der Waals surface area contributed by atoms with Crippen LogP contribution in [0.5, 0.6) is 0 Å². The van der Waals surface area contributed by atoms with E-state index in [4.69, 9.17) is 0 Å². The van der Waals surface area contributed by atoms with Gasteiger partial charge in [-0.2, -0.15) is 0 Å². The Morgan fingerprint density at radius 1 is 1.35 bits per heavy atom. The van der Waals surface area contributed by atoms with Gasteiger partial charge in [-0.05, 0) is 44.4 Å². The molecule has 3 atom stereocenters. The molecule has 0 aliphatic heterocycles. The lowest BCUT2D eigenvalue weighted by Crippen LogP contribution is -2.40. The zero-order chi connectivity index (χ0) is 13.9. The lowest BCUT2D eigenvalue weighted by molar-refractivity contribution is 0.304. The zero-order valence-electron chi connectivity index (χ0n) is 12.1. The Labute approximate surface area is 124 Å². The summed E-state index contributed by atoms with van der Waals surface area (Å²) >= 11 is 1.88. The van der Waals surface area contributed by atoms with Crippen LogP contribution in [0.1, 0.15) is 32.6 Å². The van der Waals surface area contributed by atoms with Crippen molar-refractivity contribution in [1.82, 2.24) is 19.9 Å². The Morgan fingerprint density at radius 3 is 3.05 bits per heavy atom. The van der Waals surface area contributed by atoms with Crippen LogP contribution in [0.4, 0.5) is 0 Å². The van der Waals surface area contributed by atoms with Crippen molar-refractivity contribution in [3.05, 3.63) is 24.4 Å². The average molecular weight is 290 g/mol. The van der Waals surface area contributed by atoms with Crippen LogP contribution in [0, 0.1) is 5.92 Å². The summed E-state index contributed by atoms with van der Waals surface area (Å²) < 4.78 is 2.09. The van der Waals surface area contributed by atoms with Gasteiger partial charge < -0.3 is 5.32 Å². The molecule has 2 aromatic heterocycles. The van der Waals surface area contributed by atoms with Crippen molar-refractivity contribution in [2.24, 2.45) is 5.92 Å². The zero-order valence-corrected chi connectivity index (χ0v) is 12.9. The number of nitrogens with zero attached hydrogens (tertiary/aromatic N) is 3. The number of rotatable bonds is 4. The highest BCUT2D eigenvalue weighted by molar-refractivity contribution is 7.99. The van der Waals surface area contributed by atoms with Crippen molar-refractivity contribution in [2.45, 2.75) is 49.1 Å². The predicted octanol–water partition coefficient (Wildman–Crippen LogP) is 2.99. The quantitative estimate of drug-likeness (QED) is 0.940. The number of hydrogen-bond donors (Lipinski definition) is 1.